The van der Waals surface area contributed by atoms with E-state index in [0.717, 1.165) is 16.7 Å². The van der Waals surface area contributed by atoms with Gasteiger partial charge in [-0.15, -0.1) is 5.10 Å². The van der Waals surface area contributed by atoms with Gasteiger partial charge in [0.2, 0.25) is 0 Å². The van der Waals surface area contributed by atoms with Gasteiger partial charge in [-0.25, -0.2) is 9.48 Å². The number of nitro groups is 1. The van der Waals surface area contributed by atoms with Gasteiger partial charge < -0.3 is 15.2 Å². The number of nitro benzene ring substituents is 1. The first-order valence-corrected chi connectivity index (χ1v) is 13.0. The van der Waals surface area contributed by atoms with Crippen molar-refractivity contribution in [3.63, 3.8) is 0 Å². The van der Waals surface area contributed by atoms with Crippen LogP contribution in [-0.2, 0) is 10.3 Å². The second kappa shape index (κ2) is 11.1. The number of nitrogens with one attached hydrogen (secondary N) is 1. The topological polar surface area (TPSA) is 132 Å². The smallest absolute Gasteiger partial charge is 0.408 e. The maximum atomic E-state index is 13.3. The van der Waals surface area contributed by atoms with Gasteiger partial charge in [0.05, 0.1) is 4.92 Å². The zero-order chi connectivity index (χ0) is 29.1. The van der Waals surface area contributed by atoms with Crippen molar-refractivity contribution in [3.8, 4) is 16.9 Å². The Morgan fingerprint density at radius 2 is 1.66 bits per heavy atom. The molecule has 4 aromatic carbocycles. The Hall–Kier alpha value is -5.16. The summed E-state index contributed by atoms with van der Waals surface area (Å²) in [7, 11) is 0. The number of aromatic hydroxyl groups is 1. The highest BCUT2D eigenvalue weighted by Gasteiger charge is 2.30. The van der Waals surface area contributed by atoms with E-state index >= 15 is 0 Å². The van der Waals surface area contributed by atoms with Crippen LogP contribution in [0, 0.1) is 10.1 Å². The van der Waals surface area contributed by atoms with Crippen LogP contribution in [0.3, 0.4) is 0 Å². The van der Waals surface area contributed by atoms with E-state index in [0.29, 0.717) is 16.6 Å². The van der Waals surface area contributed by atoms with Crippen LogP contribution in [0.5, 0.6) is 5.75 Å². The molecule has 1 aromatic heterocycles. The van der Waals surface area contributed by atoms with Gasteiger partial charge in [-0.05, 0) is 54.3 Å². The second-order valence-corrected chi connectivity index (χ2v) is 10.2. The van der Waals surface area contributed by atoms with Gasteiger partial charge in [-0.3, -0.25) is 10.1 Å². The summed E-state index contributed by atoms with van der Waals surface area (Å²) in [5.74, 6) is 0.0305. The zero-order valence-electron chi connectivity index (χ0n) is 22.1. The Kier molecular flexibility index (Phi) is 7.45. The van der Waals surface area contributed by atoms with Crippen molar-refractivity contribution < 1.29 is 19.6 Å². The van der Waals surface area contributed by atoms with Crippen LogP contribution in [0.15, 0.2) is 97.1 Å². The molecule has 10 nitrogen and oxygen atoms in total. The summed E-state index contributed by atoms with van der Waals surface area (Å²) >= 11 is 5.72. The number of rotatable bonds is 7. The molecule has 0 bridgehead atoms. The van der Waals surface area contributed by atoms with Crippen LogP contribution < -0.4 is 5.32 Å². The number of aromatic nitrogens is 3. The summed E-state index contributed by atoms with van der Waals surface area (Å²) in [5.41, 5.74) is 2.97. The van der Waals surface area contributed by atoms with E-state index in [1.165, 1.54) is 35.0 Å². The second-order valence-electron chi connectivity index (χ2n) is 9.78. The number of non-ortho nitro benzene ring substituents is 1. The highest BCUT2D eigenvalue weighted by Crippen LogP contribution is 2.29. The minimum Gasteiger partial charge on any atom is -0.508 e. The highest BCUT2D eigenvalue weighted by molar-refractivity contribution is 7.80. The molecule has 0 aliphatic heterocycles. The van der Waals surface area contributed by atoms with Crippen LogP contribution in [0.4, 0.5) is 10.5 Å². The van der Waals surface area contributed by atoms with Gasteiger partial charge in [0.15, 0.2) is 0 Å². The summed E-state index contributed by atoms with van der Waals surface area (Å²) in [6, 6.07) is 27.0. The molecule has 0 saturated carbocycles. The maximum Gasteiger partial charge on any atom is 0.408 e. The molecule has 0 saturated heterocycles. The van der Waals surface area contributed by atoms with E-state index in [9.17, 15) is 20.0 Å². The average Bonchev–Trinajstić information content (AvgIpc) is 3.40. The number of amides is 1. The first kappa shape index (κ1) is 27.4. The van der Waals surface area contributed by atoms with Crippen molar-refractivity contribution in [1.82, 2.24) is 20.3 Å². The van der Waals surface area contributed by atoms with Crippen molar-refractivity contribution in [3.05, 3.63) is 118 Å². The predicted octanol–water partition coefficient (Wildman–Crippen LogP) is 6.29. The predicted molar refractivity (Wildman–Crippen MR) is 158 cm³/mol. The van der Waals surface area contributed by atoms with Crippen LogP contribution in [0.25, 0.3) is 22.2 Å². The number of phenols is 1. The number of nitrogens with zero attached hydrogens (tertiary/aromatic N) is 4. The van der Waals surface area contributed by atoms with Crippen molar-refractivity contribution in [1.29, 1.82) is 0 Å². The van der Waals surface area contributed by atoms with Crippen molar-refractivity contribution in [2.75, 3.05) is 0 Å². The standard InChI is InChI=1S/C30H25N5O5S/c1-30(2,22-12-8-20(9-13-22)19-6-4-3-5-7-19)40-29(37)31-27(21-10-15-24(36)16-11-21)28(41)34-26-18-23(35(38)39)14-17-25(26)32-33-34/h3-18,27,36H,1-2H3,(H,31,37)/t27-/m0/s1. The summed E-state index contributed by atoms with van der Waals surface area (Å²) in [6.07, 6.45) is -0.752. The Bertz CT molecular complexity index is 1740. The van der Waals surface area contributed by atoms with Gasteiger partial charge in [-0.1, -0.05) is 84.2 Å². The Morgan fingerprint density at radius 1 is 1.00 bits per heavy atom. The van der Waals surface area contributed by atoms with Crippen LogP contribution >= 0.6 is 12.2 Å². The first-order chi connectivity index (χ1) is 19.6. The van der Waals surface area contributed by atoms with Crippen molar-refractivity contribution in [2.45, 2.75) is 25.5 Å². The lowest BCUT2D eigenvalue weighted by molar-refractivity contribution is -0.384. The fourth-order valence-electron chi connectivity index (χ4n) is 4.39. The molecular weight excluding hydrogens is 542 g/mol. The number of fused-ring (bicyclic) bond motifs is 1. The third kappa shape index (κ3) is 5.89. The van der Waals surface area contributed by atoms with Gasteiger partial charge in [-0.2, -0.15) is 0 Å². The van der Waals surface area contributed by atoms with Crippen LogP contribution in [-0.4, -0.2) is 36.1 Å². The minimum absolute atomic E-state index is 0.0305. The van der Waals surface area contributed by atoms with E-state index in [1.54, 1.807) is 26.0 Å². The molecule has 0 unspecified atom stereocenters. The SMILES string of the molecule is CC(C)(OC(=O)N[C@H](C(=S)n1nnc2ccc([N+](=O)[O-])cc21)c1ccc(O)cc1)c1ccc(-c2ccccc2)cc1. The molecule has 5 aromatic rings. The molecule has 0 aliphatic rings. The number of benzene rings is 4. The fraction of sp³-hybridized carbons (Fsp3) is 0.133. The third-order valence-corrected chi connectivity index (χ3v) is 7.03. The van der Waals surface area contributed by atoms with Crippen LogP contribution in [0.1, 0.15) is 31.0 Å². The molecule has 0 spiro atoms. The number of carbonyl (C=O) groups excluding carboxylic acids is 1. The lowest BCUT2D eigenvalue weighted by atomic mass is 9.95. The van der Waals surface area contributed by atoms with E-state index in [4.69, 9.17) is 17.0 Å². The molecule has 0 aliphatic carbocycles. The zero-order valence-corrected chi connectivity index (χ0v) is 22.9. The van der Waals surface area contributed by atoms with Gasteiger partial charge >= 0.3 is 6.09 Å². The van der Waals surface area contributed by atoms with Crippen molar-refractivity contribution >= 4 is 40.0 Å². The van der Waals surface area contributed by atoms with E-state index < -0.39 is 22.7 Å². The molecule has 1 heterocycles. The maximum absolute atomic E-state index is 13.3. The first-order valence-electron chi connectivity index (χ1n) is 12.6. The molecular formula is C30H25N5O5S. The number of ether oxygens (including phenoxy) is 1. The molecule has 1 amide bonds. The van der Waals surface area contributed by atoms with Crippen molar-refractivity contribution in [2.24, 2.45) is 0 Å². The quantitative estimate of drug-likeness (QED) is 0.133. The third-order valence-electron chi connectivity index (χ3n) is 6.62. The molecule has 2 N–H and O–H groups in total. The van der Waals surface area contributed by atoms with E-state index in [1.807, 2.05) is 54.6 Å². The number of hydrogen-bond donors (Lipinski definition) is 2. The normalized spacial score (nSPS) is 12.0. The number of alkyl carbamates (subject to hydrolysis) is 1. The molecule has 41 heavy (non-hydrogen) atoms. The lowest BCUT2D eigenvalue weighted by Gasteiger charge is -2.28. The van der Waals surface area contributed by atoms with Gasteiger partial charge in [0.25, 0.3) is 5.69 Å². The minimum atomic E-state index is -0.999. The Labute approximate surface area is 240 Å². The Balaban J connectivity index is 1.40. The summed E-state index contributed by atoms with van der Waals surface area (Å²) in [6.45, 7) is 3.56. The highest BCUT2D eigenvalue weighted by atomic mass is 32.1. The summed E-state index contributed by atoms with van der Waals surface area (Å²) in [5, 5.41) is 32.1. The number of carbonyl (C=O) groups is 1. The molecule has 0 radical (unpaired) electrons. The average molecular weight is 568 g/mol. The number of thiocarbonyl (C=S) groups is 1. The lowest BCUT2D eigenvalue weighted by Crippen LogP contribution is -2.39. The largest absolute Gasteiger partial charge is 0.508 e. The molecule has 5 rings (SSSR count). The Morgan fingerprint density at radius 3 is 2.32 bits per heavy atom. The van der Waals surface area contributed by atoms with Crippen LogP contribution in [0.2, 0.25) is 0 Å². The summed E-state index contributed by atoms with van der Waals surface area (Å²) in [4.78, 5) is 24.2. The number of hydrogen-bond acceptors (Lipinski definition) is 8. The van der Waals surface area contributed by atoms with E-state index in [-0.39, 0.29) is 16.4 Å². The summed E-state index contributed by atoms with van der Waals surface area (Å²) < 4.78 is 7.12. The van der Waals surface area contributed by atoms with E-state index in [2.05, 4.69) is 15.6 Å². The molecule has 206 valence electrons. The number of phenolic OH excluding ortho intramolecular Hbond substituents is 1. The van der Waals surface area contributed by atoms with Gasteiger partial charge in [0, 0.05) is 12.1 Å². The monoisotopic (exact) mass is 567 g/mol. The molecule has 11 heteroatoms. The molecule has 1 atom stereocenters. The van der Waals surface area contributed by atoms with Gasteiger partial charge in [0.1, 0.15) is 33.4 Å². The fourth-order valence-corrected chi connectivity index (χ4v) is 4.72. The molecule has 0 fully saturated rings.